The Morgan fingerprint density at radius 1 is 1.00 bits per heavy atom. The first-order valence-corrected chi connectivity index (χ1v) is 6.24. The van der Waals surface area contributed by atoms with Crippen molar-refractivity contribution in [3.05, 3.63) is 65.7 Å². The Balaban J connectivity index is 2.24. The van der Waals surface area contributed by atoms with Crippen molar-refractivity contribution in [2.24, 2.45) is 0 Å². The van der Waals surface area contributed by atoms with Crippen LogP contribution in [-0.2, 0) is 0 Å². The highest BCUT2D eigenvalue weighted by Gasteiger charge is 2.04. The maximum atomic E-state index is 12.0. The number of rotatable bonds is 5. The van der Waals surface area contributed by atoms with E-state index in [2.05, 4.69) is 0 Å². The number of ether oxygens (including phenoxy) is 2. The molecule has 0 aliphatic carbocycles. The number of carbonyl (C=O) groups excluding carboxylic acids is 1. The van der Waals surface area contributed by atoms with Crippen LogP contribution in [0.3, 0.4) is 0 Å². The van der Waals surface area contributed by atoms with Crippen LogP contribution in [0.4, 0.5) is 0 Å². The van der Waals surface area contributed by atoms with Crippen molar-refractivity contribution in [2.45, 2.75) is 0 Å². The van der Waals surface area contributed by atoms with E-state index in [1.165, 1.54) is 6.08 Å². The van der Waals surface area contributed by atoms with E-state index in [4.69, 9.17) is 9.47 Å². The summed E-state index contributed by atoms with van der Waals surface area (Å²) >= 11 is 0. The van der Waals surface area contributed by atoms with E-state index < -0.39 is 0 Å². The number of allylic oxidation sites excluding steroid dienone is 1. The molecule has 0 bridgehead atoms. The lowest BCUT2D eigenvalue weighted by atomic mass is 10.1. The third-order valence-corrected chi connectivity index (χ3v) is 2.91. The zero-order chi connectivity index (χ0) is 14.4. The Morgan fingerprint density at radius 3 is 2.40 bits per heavy atom. The summed E-state index contributed by atoms with van der Waals surface area (Å²) in [7, 11) is 3.20. The molecule has 2 aromatic carbocycles. The number of hydrogen-bond donors (Lipinski definition) is 0. The number of benzene rings is 2. The standard InChI is InChI=1S/C17H16O3/c1-19-15-9-11-17(20-2)14(12-15)8-10-16(18)13-6-4-3-5-7-13/h3-12H,1-2H3/b10-8+. The second-order valence-electron chi connectivity index (χ2n) is 4.17. The lowest BCUT2D eigenvalue weighted by Gasteiger charge is -2.07. The van der Waals surface area contributed by atoms with Crippen LogP contribution in [-0.4, -0.2) is 20.0 Å². The summed E-state index contributed by atoms with van der Waals surface area (Å²) in [6.07, 6.45) is 3.27. The molecule has 2 rings (SSSR count). The van der Waals surface area contributed by atoms with Crippen LogP contribution in [0.1, 0.15) is 15.9 Å². The van der Waals surface area contributed by atoms with Crippen molar-refractivity contribution in [3.63, 3.8) is 0 Å². The minimum Gasteiger partial charge on any atom is -0.497 e. The van der Waals surface area contributed by atoms with Crippen molar-refractivity contribution < 1.29 is 14.3 Å². The monoisotopic (exact) mass is 268 g/mol. The highest BCUT2D eigenvalue weighted by Crippen LogP contribution is 2.25. The van der Waals surface area contributed by atoms with Gasteiger partial charge in [-0.15, -0.1) is 0 Å². The summed E-state index contributed by atoms with van der Waals surface area (Å²) in [6.45, 7) is 0. The highest BCUT2D eigenvalue weighted by molar-refractivity contribution is 6.06. The zero-order valence-electron chi connectivity index (χ0n) is 11.5. The number of carbonyl (C=O) groups is 1. The summed E-state index contributed by atoms with van der Waals surface area (Å²) in [5.41, 5.74) is 1.46. The topological polar surface area (TPSA) is 35.5 Å². The van der Waals surface area contributed by atoms with Gasteiger partial charge in [-0.2, -0.15) is 0 Å². The fraction of sp³-hybridized carbons (Fsp3) is 0.118. The molecule has 102 valence electrons. The molecule has 0 unspecified atom stereocenters. The Kier molecular flexibility index (Phi) is 4.56. The minimum absolute atomic E-state index is 0.0459. The van der Waals surface area contributed by atoms with E-state index in [9.17, 15) is 4.79 Å². The van der Waals surface area contributed by atoms with Crippen molar-refractivity contribution in [1.29, 1.82) is 0 Å². The van der Waals surface area contributed by atoms with Crippen LogP contribution < -0.4 is 9.47 Å². The fourth-order valence-electron chi connectivity index (χ4n) is 1.83. The van der Waals surface area contributed by atoms with Crippen molar-refractivity contribution in [3.8, 4) is 11.5 Å². The molecular formula is C17H16O3. The Hall–Kier alpha value is -2.55. The molecule has 2 aromatic rings. The second-order valence-corrected chi connectivity index (χ2v) is 4.17. The molecular weight excluding hydrogens is 252 g/mol. The third-order valence-electron chi connectivity index (χ3n) is 2.91. The van der Waals surface area contributed by atoms with Crippen LogP contribution in [0, 0.1) is 0 Å². The minimum atomic E-state index is -0.0459. The van der Waals surface area contributed by atoms with Gasteiger partial charge in [0, 0.05) is 11.1 Å². The average molecular weight is 268 g/mol. The van der Waals surface area contributed by atoms with Gasteiger partial charge in [0.1, 0.15) is 11.5 Å². The molecule has 0 spiro atoms. The van der Waals surface area contributed by atoms with E-state index in [-0.39, 0.29) is 5.78 Å². The first-order valence-electron chi connectivity index (χ1n) is 6.24. The summed E-state index contributed by atoms with van der Waals surface area (Å²) < 4.78 is 10.4. The van der Waals surface area contributed by atoms with Gasteiger partial charge >= 0.3 is 0 Å². The largest absolute Gasteiger partial charge is 0.497 e. The third kappa shape index (κ3) is 3.26. The van der Waals surface area contributed by atoms with Gasteiger partial charge in [0.05, 0.1) is 14.2 Å². The second kappa shape index (κ2) is 6.57. The number of methoxy groups -OCH3 is 2. The normalized spacial score (nSPS) is 10.5. The quantitative estimate of drug-likeness (QED) is 0.614. The van der Waals surface area contributed by atoms with Crippen molar-refractivity contribution >= 4 is 11.9 Å². The van der Waals surface area contributed by atoms with Crippen LogP contribution >= 0.6 is 0 Å². The molecule has 0 heterocycles. The lowest BCUT2D eigenvalue weighted by molar-refractivity contribution is 0.104. The van der Waals surface area contributed by atoms with E-state index in [0.717, 1.165) is 11.3 Å². The van der Waals surface area contributed by atoms with Crippen molar-refractivity contribution in [2.75, 3.05) is 14.2 Å². The van der Waals surface area contributed by atoms with Gasteiger partial charge in [-0.25, -0.2) is 0 Å². The molecule has 3 heteroatoms. The van der Waals surface area contributed by atoms with Crippen LogP contribution in [0.5, 0.6) is 11.5 Å². The van der Waals surface area contributed by atoms with Gasteiger partial charge in [-0.05, 0) is 30.4 Å². The van der Waals surface area contributed by atoms with E-state index in [1.807, 2.05) is 36.4 Å². The summed E-state index contributed by atoms with van der Waals surface area (Å²) in [6, 6.07) is 14.6. The van der Waals surface area contributed by atoms with Crippen molar-refractivity contribution in [1.82, 2.24) is 0 Å². The van der Waals surface area contributed by atoms with Crippen LogP contribution in [0.25, 0.3) is 6.08 Å². The smallest absolute Gasteiger partial charge is 0.185 e. The first-order chi connectivity index (χ1) is 9.74. The molecule has 0 amide bonds. The fourth-order valence-corrected chi connectivity index (χ4v) is 1.83. The van der Waals surface area contributed by atoms with Gasteiger partial charge in [0.2, 0.25) is 0 Å². The zero-order valence-corrected chi connectivity index (χ0v) is 11.5. The van der Waals surface area contributed by atoms with Crippen LogP contribution in [0.2, 0.25) is 0 Å². The molecule has 0 saturated carbocycles. The molecule has 0 atom stereocenters. The first kappa shape index (κ1) is 13.9. The van der Waals surface area contributed by atoms with E-state index >= 15 is 0 Å². The summed E-state index contributed by atoms with van der Waals surface area (Å²) in [4.78, 5) is 12.0. The summed E-state index contributed by atoms with van der Waals surface area (Å²) in [5, 5.41) is 0. The molecule has 0 fully saturated rings. The Bertz CT molecular complexity index is 615. The molecule has 0 N–H and O–H groups in total. The van der Waals surface area contributed by atoms with Gasteiger partial charge in [0.25, 0.3) is 0 Å². The molecule has 0 saturated heterocycles. The highest BCUT2D eigenvalue weighted by atomic mass is 16.5. The molecule has 0 aliphatic rings. The van der Waals surface area contributed by atoms with Gasteiger partial charge in [-0.3, -0.25) is 4.79 Å². The molecule has 3 nitrogen and oxygen atoms in total. The maximum absolute atomic E-state index is 12.0. The Morgan fingerprint density at radius 2 is 1.75 bits per heavy atom. The van der Waals surface area contributed by atoms with Crippen LogP contribution in [0.15, 0.2) is 54.6 Å². The molecule has 20 heavy (non-hydrogen) atoms. The Labute approximate surface area is 118 Å². The average Bonchev–Trinajstić information content (AvgIpc) is 2.53. The lowest BCUT2D eigenvalue weighted by Crippen LogP contribution is -1.94. The summed E-state index contributed by atoms with van der Waals surface area (Å²) in [5.74, 6) is 1.37. The molecule has 0 aliphatic heterocycles. The van der Waals surface area contributed by atoms with E-state index in [1.54, 1.807) is 32.4 Å². The predicted octanol–water partition coefficient (Wildman–Crippen LogP) is 3.60. The van der Waals surface area contributed by atoms with Gasteiger partial charge in [-0.1, -0.05) is 30.3 Å². The molecule has 0 radical (unpaired) electrons. The predicted molar refractivity (Wildman–Crippen MR) is 79.4 cm³/mol. The number of ketones is 1. The SMILES string of the molecule is COc1ccc(OC)c(/C=C/C(=O)c2ccccc2)c1. The molecule has 0 aromatic heterocycles. The van der Waals surface area contributed by atoms with Gasteiger partial charge in [0.15, 0.2) is 5.78 Å². The number of hydrogen-bond acceptors (Lipinski definition) is 3. The van der Waals surface area contributed by atoms with E-state index in [0.29, 0.717) is 11.3 Å². The van der Waals surface area contributed by atoms with Gasteiger partial charge < -0.3 is 9.47 Å². The maximum Gasteiger partial charge on any atom is 0.185 e.